The van der Waals surface area contributed by atoms with Gasteiger partial charge in [0.1, 0.15) is 11.5 Å². The number of aliphatic hydroxyl groups excluding tert-OH is 1. The SMILES string of the molecule is C=CC(=O)OCCCCOc1ccc(-c2ccc(/C=C/C(=O)c3ccc(OC(=O)C(=C)CO)cc3)cc2)cc1. The zero-order valence-electron chi connectivity index (χ0n) is 21.5. The van der Waals surface area contributed by atoms with E-state index in [2.05, 4.69) is 13.2 Å². The summed E-state index contributed by atoms with van der Waals surface area (Å²) < 4.78 is 15.7. The highest BCUT2D eigenvalue weighted by atomic mass is 16.5. The molecule has 0 fully saturated rings. The lowest BCUT2D eigenvalue weighted by molar-refractivity contribution is -0.138. The molecule has 0 amide bonds. The van der Waals surface area contributed by atoms with Crippen molar-refractivity contribution >= 4 is 23.8 Å². The molecule has 7 nitrogen and oxygen atoms in total. The molecule has 0 radical (unpaired) electrons. The summed E-state index contributed by atoms with van der Waals surface area (Å²) in [5.41, 5.74) is 3.34. The summed E-state index contributed by atoms with van der Waals surface area (Å²) in [5, 5.41) is 8.93. The van der Waals surface area contributed by atoms with E-state index >= 15 is 0 Å². The van der Waals surface area contributed by atoms with Gasteiger partial charge in [-0.3, -0.25) is 4.79 Å². The standard InChI is InChI=1S/C32H30O7/c1-3-31(35)38-21-5-4-20-37-28-15-11-26(12-16-28)25-9-6-24(7-10-25)8-19-30(34)27-13-17-29(18-14-27)39-32(36)23(2)22-33/h3,6-19,33H,1-2,4-5,20-22H2/b19-8+. The third-order valence-electron chi connectivity index (χ3n) is 5.57. The van der Waals surface area contributed by atoms with Crippen LogP contribution in [-0.4, -0.2) is 42.6 Å². The summed E-state index contributed by atoms with van der Waals surface area (Å²) >= 11 is 0. The normalized spacial score (nSPS) is 10.6. The molecule has 39 heavy (non-hydrogen) atoms. The van der Waals surface area contributed by atoms with Crippen LogP contribution in [0.15, 0.2) is 104 Å². The van der Waals surface area contributed by atoms with E-state index in [1.54, 1.807) is 18.2 Å². The molecule has 0 aliphatic heterocycles. The maximum atomic E-state index is 12.5. The Morgan fingerprint density at radius 1 is 0.795 bits per heavy atom. The van der Waals surface area contributed by atoms with Crippen LogP contribution in [0.1, 0.15) is 28.8 Å². The van der Waals surface area contributed by atoms with Crippen molar-refractivity contribution < 1.29 is 33.7 Å². The van der Waals surface area contributed by atoms with Gasteiger partial charge in [0.25, 0.3) is 0 Å². The van der Waals surface area contributed by atoms with E-state index in [-0.39, 0.29) is 17.1 Å². The van der Waals surface area contributed by atoms with Gasteiger partial charge in [0.2, 0.25) is 0 Å². The van der Waals surface area contributed by atoms with Crippen LogP contribution in [0.5, 0.6) is 11.5 Å². The molecule has 0 atom stereocenters. The van der Waals surface area contributed by atoms with Gasteiger partial charge in [-0.2, -0.15) is 0 Å². The summed E-state index contributed by atoms with van der Waals surface area (Å²) in [5.74, 6) is -0.303. The summed E-state index contributed by atoms with van der Waals surface area (Å²) in [7, 11) is 0. The smallest absolute Gasteiger partial charge is 0.341 e. The Morgan fingerprint density at radius 3 is 2.00 bits per heavy atom. The zero-order chi connectivity index (χ0) is 28.0. The first kappa shape index (κ1) is 28.8. The van der Waals surface area contributed by atoms with Crippen molar-refractivity contribution in [1.82, 2.24) is 0 Å². The number of carbonyl (C=O) groups is 3. The molecule has 0 saturated heterocycles. The van der Waals surface area contributed by atoms with Crippen LogP contribution in [0.3, 0.4) is 0 Å². The molecule has 0 aromatic heterocycles. The first-order valence-corrected chi connectivity index (χ1v) is 12.4. The Hall–Kier alpha value is -4.75. The van der Waals surface area contributed by atoms with Crippen LogP contribution in [0, 0.1) is 0 Å². The van der Waals surface area contributed by atoms with E-state index in [1.807, 2.05) is 48.5 Å². The number of hydrogen-bond donors (Lipinski definition) is 1. The van der Waals surface area contributed by atoms with E-state index < -0.39 is 18.5 Å². The average molecular weight is 527 g/mol. The van der Waals surface area contributed by atoms with Crippen molar-refractivity contribution in [1.29, 1.82) is 0 Å². The minimum absolute atomic E-state index is 0.0518. The van der Waals surface area contributed by atoms with Gasteiger partial charge in [-0.1, -0.05) is 55.6 Å². The molecule has 0 bridgehead atoms. The van der Waals surface area contributed by atoms with Crippen molar-refractivity contribution in [2.75, 3.05) is 19.8 Å². The first-order valence-electron chi connectivity index (χ1n) is 12.4. The Morgan fingerprint density at radius 2 is 1.38 bits per heavy atom. The Kier molecular flexibility index (Phi) is 11.0. The molecule has 0 heterocycles. The van der Waals surface area contributed by atoms with E-state index in [0.717, 1.165) is 41.4 Å². The Balaban J connectivity index is 1.48. The molecule has 3 rings (SSSR count). The minimum Gasteiger partial charge on any atom is -0.494 e. The molecule has 7 heteroatoms. The molecule has 3 aromatic carbocycles. The van der Waals surface area contributed by atoms with Gasteiger partial charge >= 0.3 is 11.9 Å². The van der Waals surface area contributed by atoms with Crippen LogP contribution >= 0.6 is 0 Å². The zero-order valence-corrected chi connectivity index (χ0v) is 21.5. The number of esters is 2. The molecule has 0 spiro atoms. The second-order valence-electron chi connectivity index (χ2n) is 8.45. The Labute approximate surface area is 227 Å². The van der Waals surface area contributed by atoms with Crippen LogP contribution in [-0.2, 0) is 14.3 Å². The highest BCUT2D eigenvalue weighted by molar-refractivity contribution is 6.06. The lowest BCUT2D eigenvalue weighted by atomic mass is 10.0. The van der Waals surface area contributed by atoms with E-state index in [1.165, 1.54) is 18.2 Å². The van der Waals surface area contributed by atoms with Crippen molar-refractivity contribution in [3.63, 3.8) is 0 Å². The van der Waals surface area contributed by atoms with Gasteiger partial charge in [0, 0.05) is 11.6 Å². The fourth-order valence-electron chi connectivity index (χ4n) is 3.36. The van der Waals surface area contributed by atoms with E-state index in [0.29, 0.717) is 18.8 Å². The first-order chi connectivity index (χ1) is 18.9. The number of unbranched alkanes of at least 4 members (excludes halogenated alkanes) is 1. The second kappa shape index (κ2) is 14.9. The summed E-state index contributed by atoms with van der Waals surface area (Å²) in [4.78, 5) is 35.2. The largest absolute Gasteiger partial charge is 0.494 e. The molecule has 200 valence electrons. The predicted molar refractivity (Wildman–Crippen MR) is 149 cm³/mol. The number of hydrogen-bond acceptors (Lipinski definition) is 7. The number of carbonyl (C=O) groups excluding carboxylic acids is 3. The minimum atomic E-state index is -0.721. The van der Waals surface area contributed by atoms with E-state index in [4.69, 9.17) is 19.3 Å². The number of ether oxygens (including phenoxy) is 3. The Bertz CT molecular complexity index is 1320. The fraction of sp³-hybridized carbons (Fsp3) is 0.156. The highest BCUT2D eigenvalue weighted by Crippen LogP contribution is 2.23. The third-order valence-corrected chi connectivity index (χ3v) is 5.57. The molecule has 0 aliphatic rings. The van der Waals surface area contributed by atoms with Gasteiger partial charge in [0.15, 0.2) is 5.78 Å². The van der Waals surface area contributed by atoms with Gasteiger partial charge in [-0.05, 0) is 72.0 Å². The predicted octanol–water partition coefficient (Wildman–Crippen LogP) is 5.59. The molecule has 0 saturated carbocycles. The average Bonchev–Trinajstić information content (AvgIpc) is 2.98. The van der Waals surface area contributed by atoms with Crippen LogP contribution in [0.25, 0.3) is 17.2 Å². The van der Waals surface area contributed by atoms with Crippen LogP contribution < -0.4 is 9.47 Å². The third kappa shape index (κ3) is 9.25. The second-order valence-corrected chi connectivity index (χ2v) is 8.45. The summed E-state index contributed by atoms with van der Waals surface area (Å²) in [6.45, 7) is 7.16. The summed E-state index contributed by atoms with van der Waals surface area (Å²) in [6.07, 6.45) is 5.86. The number of aliphatic hydroxyl groups is 1. The molecule has 3 aromatic rings. The fourth-order valence-corrected chi connectivity index (χ4v) is 3.36. The van der Waals surface area contributed by atoms with Crippen molar-refractivity contribution in [3.8, 4) is 22.6 Å². The number of benzene rings is 3. The molecule has 0 unspecified atom stereocenters. The molecular weight excluding hydrogens is 496 g/mol. The van der Waals surface area contributed by atoms with Crippen molar-refractivity contribution in [3.05, 3.63) is 115 Å². The van der Waals surface area contributed by atoms with Crippen molar-refractivity contribution in [2.24, 2.45) is 0 Å². The highest BCUT2D eigenvalue weighted by Gasteiger charge is 2.09. The lowest BCUT2D eigenvalue weighted by Gasteiger charge is -2.08. The molecule has 0 aliphatic carbocycles. The number of ketones is 1. The summed E-state index contributed by atoms with van der Waals surface area (Å²) in [6, 6.07) is 21.8. The van der Waals surface area contributed by atoms with E-state index in [9.17, 15) is 14.4 Å². The number of rotatable bonds is 14. The maximum absolute atomic E-state index is 12.5. The topological polar surface area (TPSA) is 99.1 Å². The van der Waals surface area contributed by atoms with Gasteiger partial charge in [0.05, 0.1) is 25.4 Å². The quantitative estimate of drug-likeness (QED) is 0.0961. The van der Waals surface area contributed by atoms with Gasteiger partial charge in [-0.25, -0.2) is 9.59 Å². The van der Waals surface area contributed by atoms with Crippen LogP contribution in [0.2, 0.25) is 0 Å². The number of allylic oxidation sites excluding steroid dienone is 1. The van der Waals surface area contributed by atoms with Gasteiger partial charge in [-0.15, -0.1) is 0 Å². The molecule has 1 N–H and O–H groups in total. The van der Waals surface area contributed by atoms with Crippen molar-refractivity contribution in [2.45, 2.75) is 12.8 Å². The van der Waals surface area contributed by atoms with Gasteiger partial charge < -0.3 is 19.3 Å². The van der Waals surface area contributed by atoms with Crippen LogP contribution in [0.4, 0.5) is 0 Å². The monoisotopic (exact) mass is 526 g/mol. The maximum Gasteiger partial charge on any atom is 0.341 e. The molecular formula is C32H30O7. The lowest BCUT2D eigenvalue weighted by Crippen LogP contribution is -2.12.